The minimum atomic E-state index is -0.811. The first-order valence-electron chi connectivity index (χ1n) is 4.72. The van der Waals surface area contributed by atoms with Crippen LogP contribution in [0.15, 0.2) is 11.6 Å². The van der Waals surface area contributed by atoms with E-state index < -0.39 is 5.97 Å². The molecule has 3 nitrogen and oxygen atoms in total. The first-order chi connectivity index (χ1) is 6.11. The zero-order valence-electron chi connectivity index (χ0n) is 7.60. The van der Waals surface area contributed by atoms with Gasteiger partial charge in [-0.2, -0.15) is 0 Å². The van der Waals surface area contributed by atoms with E-state index in [0.717, 1.165) is 6.42 Å². The van der Waals surface area contributed by atoms with Crippen LogP contribution in [0.4, 0.5) is 0 Å². The van der Waals surface area contributed by atoms with Gasteiger partial charge < -0.3 is 10.2 Å². The van der Waals surface area contributed by atoms with Gasteiger partial charge in [0.2, 0.25) is 0 Å². The van der Waals surface area contributed by atoms with E-state index in [4.69, 9.17) is 5.11 Å². The molecule has 72 valence electrons. The predicted molar refractivity (Wildman–Crippen MR) is 47.1 cm³/mol. The number of aliphatic carboxylic acids is 1. The molecule has 3 heteroatoms. The second kappa shape index (κ2) is 2.84. The van der Waals surface area contributed by atoms with Gasteiger partial charge in [-0.15, -0.1) is 0 Å². The fourth-order valence-corrected chi connectivity index (χ4v) is 2.70. The number of hydrogen-bond acceptors (Lipinski definition) is 2. The fraction of sp³-hybridized carbons (Fsp3) is 0.700. The molecule has 2 aliphatic carbocycles. The van der Waals surface area contributed by atoms with Crippen molar-refractivity contribution in [3.63, 3.8) is 0 Å². The smallest absolute Gasteiger partial charge is 0.331 e. The summed E-state index contributed by atoms with van der Waals surface area (Å²) in [5.74, 6) is -0.101. The van der Waals surface area contributed by atoms with Crippen LogP contribution >= 0.6 is 0 Å². The molecule has 0 amide bonds. The molecule has 0 saturated heterocycles. The van der Waals surface area contributed by atoms with E-state index in [0.29, 0.717) is 17.9 Å². The van der Waals surface area contributed by atoms with Crippen molar-refractivity contribution in [3.8, 4) is 0 Å². The summed E-state index contributed by atoms with van der Waals surface area (Å²) in [6.45, 7) is 2.01. The molecule has 1 fully saturated rings. The van der Waals surface area contributed by atoms with Gasteiger partial charge in [0.15, 0.2) is 0 Å². The van der Waals surface area contributed by atoms with Gasteiger partial charge in [-0.25, -0.2) is 4.79 Å². The van der Waals surface area contributed by atoms with Gasteiger partial charge in [-0.1, -0.05) is 13.0 Å². The largest absolute Gasteiger partial charge is 0.478 e. The van der Waals surface area contributed by atoms with Crippen molar-refractivity contribution in [2.24, 2.45) is 17.8 Å². The molecule has 0 bridgehead atoms. The van der Waals surface area contributed by atoms with Gasteiger partial charge in [-0.3, -0.25) is 0 Å². The molecular weight excluding hydrogens is 168 g/mol. The lowest BCUT2D eigenvalue weighted by Gasteiger charge is -2.15. The molecule has 0 unspecified atom stereocenters. The molecule has 2 N–H and O–H groups in total. The number of fused-ring (bicyclic) bond motifs is 1. The lowest BCUT2D eigenvalue weighted by Crippen LogP contribution is -2.15. The van der Waals surface area contributed by atoms with Gasteiger partial charge in [0.05, 0.1) is 6.10 Å². The maximum absolute atomic E-state index is 10.8. The average molecular weight is 182 g/mol. The predicted octanol–water partition coefficient (Wildman–Crippen LogP) is 1.03. The van der Waals surface area contributed by atoms with Crippen molar-refractivity contribution in [2.75, 3.05) is 0 Å². The molecule has 1 saturated carbocycles. The van der Waals surface area contributed by atoms with Crippen molar-refractivity contribution < 1.29 is 15.0 Å². The first kappa shape index (κ1) is 8.75. The van der Waals surface area contributed by atoms with Crippen LogP contribution < -0.4 is 0 Å². The summed E-state index contributed by atoms with van der Waals surface area (Å²) < 4.78 is 0. The lowest BCUT2D eigenvalue weighted by atomic mass is 9.90. The lowest BCUT2D eigenvalue weighted by molar-refractivity contribution is -0.133. The standard InChI is InChI=1S/C10H14O3/c1-5-6-2-3-7(10(12)13)8(6)4-9(5)11/h3,5-6,8-9,11H,2,4H2,1H3,(H,12,13)/t5-,6-,8+,9-/m1/s1. The Morgan fingerprint density at radius 2 is 2.31 bits per heavy atom. The molecule has 0 aliphatic heterocycles. The Morgan fingerprint density at radius 3 is 2.92 bits per heavy atom. The highest BCUT2D eigenvalue weighted by Gasteiger charge is 2.45. The zero-order chi connectivity index (χ0) is 9.59. The van der Waals surface area contributed by atoms with Gasteiger partial charge in [-0.05, 0) is 30.6 Å². The van der Waals surface area contributed by atoms with Crippen LogP contribution in [0.5, 0.6) is 0 Å². The number of rotatable bonds is 1. The summed E-state index contributed by atoms with van der Waals surface area (Å²) >= 11 is 0. The maximum Gasteiger partial charge on any atom is 0.331 e. The second-order valence-electron chi connectivity index (χ2n) is 4.13. The zero-order valence-corrected chi connectivity index (χ0v) is 7.60. The Kier molecular flexibility index (Phi) is 1.91. The number of allylic oxidation sites excluding steroid dienone is 1. The van der Waals surface area contributed by atoms with Gasteiger partial charge in [0.25, 0.3) is 0 Å². The summed E-state index contributed by atoms with van der Waals surface area (Å²) in [4.78, 5) is 10.8. The van der Waals surface area contributed by atoms with Crippen molar-refractivity contribution in [1.82, 2.24) is 0 Å². The molecule has 0 aromatic heterocycles. The number of carboxylic acid groups (broad SMARTS) is 1. The highest BCUT2D eigenvalue weighted by Crippen LogP contribution is 2.47. The van der Waals surface area contributed by atoms with E-state index >= 15 is 0 Å². The number of hydrogen-bond donors (Lipinski definition) is 2. The minimum absolute atomic E-state index is 0.0995. The molecule has 0 spiro atoms. The molecule has 0 heterocycles. The quantitative estimate of drug-likeness (QED) is 0.637. The highest BCUT2D eigenvalue weighted by molar-refractivity contribution is 5.88. The average Bonchev–Trinajstić information content (AvgIpc) is 2.55. The van der Waals surface area contributed by atoms with Crippen LogP contribution in [0.3, 0.4) is 0 Å². The highest BCUT2D eigenvalue weighted by atomic mass is 16.4. The van der Waals surface area contributed by atoms with E-state index in [1.54, 1.807) is 0 Å². The van der Waals surface area contributed by atoms with E-state index in [-0.39, 0.29) is 17.9 Å². The van der Waals surface area contributed by atoms with E-state index in [1.165, 1.54) is 0 Å². The Morgan fingerprint density at radius 1 is 1.62 bits per heavy atom. The second-order valence-corrected chi connectivity index (χ2v) is 4.13. The van der Waals surface area contributed by atoms with Gasteiger partial charge >= 0.3 is 5.97 Å². The Labute approximate surface area is 77.1 Å². The summed E-state index contributed by atoms with van der Waals surface area (Å²) in [5.41, 5.74) is 0.522. The summed E-state index contributed by atoms with van der Waals surface area (Å²) in [5, 5.41) is 18.5. The van der Waals surface area contributed by atoms with Crippen molar-refractivity contribution in [3.05, 3.63) is 11.6 Å². The molecular formula is C10H14O3. The van der Waals surface area contributed by atoms with Crippen LogP contribution in [-0.4, -0.2) is 22.3 Å². The van der Waals surface area contributed by atoms with Crippen molar-refractivity contribution in [2.45, 2.75) is 25.9 Å². The third-order valence-electron chi connectivity index (χ3n) is 3.55. The van der Waals surface area contributed by atoms with Crippen LogP contribution in [0, 0.1) is 17.8 Å². The van der Waals surface area contributed by atoms with Crippen LogP contribution in [0.25, 0.3) is 0 Å². The fourth-order valence-electron chi connectivity index (χ4n) is 2.70. The van der Waals surface area contributed by atoms with Crippen LogP contribution in [0.2, 0.25) is 0 Å². The molecule has 13 heavy (non-hydrogen) atoms. The Balaban J connectivity index is 2.19. The third kappa shape index (κ3) is 1.18. The summed E-state index contributed by atoms with van der Waals surface area (Å²) in [6.07, 6.45) is 2.96. The van der Waals surface area contributed by atoms with Crippen LogP contribution in [0.1, 0.15) is 19.8 Å². The number of carboxylic acids is 1. The van der Waals surface area contributed by atoms with E-state index in [9.17, 15) is 9.90 Å². The molecule has 0 radical (unpaired) electrons. The number of aliphatic hydroxyl groups is 1. The summed E-state index contributed by atoms with van der Waals surface area (Å²) in [6, 6.07) is 0. The molecule has 2 rings (SSSR count). The minimum Gasteiger partial charge on any atom is -0.478 e. The monoisotopic (exact) mass is 182 g/mol. The molecule has 2 aliphatic rings. The van der Waals surface area contributed by atoms with E-state index in [1.807, 2.05) is 13.0 Å². The van der Waals surface area contributed by atoms with E-state index in [2.05, 4.69) is 0 Å². The number of aliphatic hydroxyl groups excluding tert-OH is 1. The molecule has 4 atom stereocenters. The normalized spacial score (nSPS) is 43.1. The van der Waals surface area contributed by atoms with Crippen molar-refractivity contribution >= 4 is 5.97 Å². The number of carbonyl (C=O) groups is 1. The van der Waals surface area contributed by atoms with Gasteiger partial charge in [0.1, 0.15) is 0 Å². The Hall–Kier alpha value is -0.830. The SMILES string of the molecule is C[C@@H]1[C@H]2CC=C(C(=O)O)[C@H]2C[C@H]1O. The Bertz CT molecular complexity index is 269. The molecule has 0 aromatic rings. The summed E-state index contributed by atoms with van der Waals surface area (Å²) in [7, 11) is 0. The molecule has 0 aromatic carbocycles. The van der Waals surface area contributed by atoms with Crippen molar-refractivity contribution in [1.29, 1.82) is 0 Å². The first-order valence-corrected chi connectivity index (χ1v) is 4.72. The van der Waals surface area contributed by atoms with Gasteiger partial charge in [0, 0.05) is 5.57 Å². The maximum atomic E-state index is 10.8. The van der Waals surface area contributed by atoms with Crippen LogP contribution in [-0.2, 0) is 4.79 Å². The third-order valence-corrected chi connectivity index (χ3v) is 3.55. The topological polar surface area (TPSA) is 57.5 Å².